The van der Waals surface area contributed by atoms with Gasteiger partial charge in [-0.1, -0.05) is 307 Å². The molecule has 0 spiro atoms. The van der Waals surface area contributed by atoms with E-state index in [1.807, 2.05) is 0 Å². The first-order valence-electron chi connectivity index (χ1n) is 33.0. The van der Waals surface area contributed by atoms with Gasteiger partial charge in [-0.25, -0.2) is 0 Å². The molecule has 0 aliphatic rings. The molecule has 0 bridgehead atoms. The predicted octanol–water partition coefficient (Wildman–Crippen LogP) is 23.1. The van der Waals surface area contributed by atoms with E-state index in [0.717, 1.165) is 128 Å². The first-order chi connectivity index (χ1) is 39.6. The SMILES string of the molecule is CC/C=C\C/C=C\C/C=C\C/C=C\C/C=C\C/C=C\C/C=C\CCCCCCCCCCCCCCCCCCCCCC(=O)OC(CO)COC(=O)CCCCCCCC/C=C\C/C=C\C/C=C\C/C=C\C/C=C\C/C=C\CC. The van der Waals surface area contributed by atoms with Crippen molar-refractivity contribution in [2.75, 3.05) is 13.2 Å². The summed E-state index contributed by atoms with van der Waals surface area (Å²) in [5, 5.41) is 9.69. The summed E-state index contributed by atoms with van der Waals surface area (Å²) in [6.45, 7) is 3.91. The van der Waals surface area contributed by atoms with E-state index in [0.29, 0.717) is 12.8 Å². The van der Waals surface area contributed by atoms with E-state index in [2.05, 4.69) is 172 Å². The molecule has 0 heterocycles. The summed E-state index contributed by atoms with van der Waals surface area (Å²) >= 11 is 0. The van der Waals surface area contributed by atoms with Gasteiger partial charge in [0.2, 0.25) is 0 Å². The summed E-state index contributed by atoms with van der Waals surface area (Å²) in [6.07, 6.45) is 105. The highest BCUT2D eigenvalue weighted by molar-refractivity contribution is 5.70. The van der Waals surface area contributed by atoms with Gasteiger partial charge in [0.15, 0.2) is 6.10 Å². The highest BCUT2D eigenvalue weighted by atomic mass is 16.6. The molecule has 0 radical (unpaired) electrons. The lowest BCUT2D eigenvalue weighted by Gasteiger charge is -2.15. The van der Waals surface area contributed by atoms with Crippen molar-refractivity contribution in [1.29, 1.82) is 0 Å². The fourth-order valence-corrected chi connectivity index (χ4v) is 8.95. The Morgan fingerprint density at radius 3 is 0.750 bits per heavy atom. The monoisotopic (exact) mass is 1100 g/mol. The van der Waals surface area contributed by atoms with Crippen molar-refractivity contribution in [2.45, 2.75) is 290 Å². The third-order valence-corrected chi connectivity index (χ3v) is 13.8. The van der Waals surface area contributed by atoms with Gasteiger partial charge in [-0.2, -0.15) is 0 Å². The Kier molecular flexibility index (Phi) is 64.9. The summed E-state index contributed by atoms with van der Waals surface area (Å²) in [5.74, 6) is -0.608. The Morgan fingerprint density at radius 1 is 0.287 bits per heavy atom. The van der Waals surface area contributed by atoms with Crippen LogP contribution in [0.2, 0.25) is 0 Å². The van der Waals surface area contributed by atoms with Crippen LogP contribution >= 0.6 is 0 Å². The number of aliphatic hydroxyl groups excluding tert-OH is 1. The number of aliphatic hydroxyl groups is 1. The maximum absolute atomic E-state index is 12.4. The number of carbonyl (C=O) groups excluding carboxylic acids is 2. The summed E-state index contributed by atoms with van der Waals surface area (Å²) in [5.41, 5.74) is 0. The minimum atomic E-state index is -0.789. The lowest BCUT2D eigenvalue weighted by atomic mass is 10.0. The highest BCUT2D eigenvalue weighted by Crippen LogP contribution is 2.16. The zero-order valence-electron chi connectivity index (χ0n) is 51.8. The summed E-state index contributed by atoms with van der Waals surface area (Å²) in [7, 11) is 0. The van der Waals surface area contributed by atoms with Crippen LogP contribution in [-0.4, -0.2) is 36.4 Å². The van der Waals surface area contributed by atoms with Crippen LogP contribution in [0.4, 0.5) is 0 Å². The lowest BCUT2D eigenvalue weighted by molar-refractivity contribution is -0.161. The van der Waals surface area contributed by atoms with Crippen LogP contribution in [0, 0.1) is 0 Å². The molecule has 5 nitrogen and oxygen atoms in total. The van der Waals surface area contributed by atoms with E-state index < -0.39 is 6.10 Å². The second-order valence-electron chi connectivity index (χ2n) is 21.4. The predicted molar refractivity (Wildman–Crippen MR) is 352 cm³/mol. The van der Waals surface area contributed by atoms with Gasteiger partial charge in [-0.3, -0.25) is 9.59 Å². The Balaban J connectivity index is 3.51. The van der Waals surface area contributed by atoms with Crippen LogP contribution in [0.3, 0.4) is 0 Å². The van der Waals surface area contributed by atoms with E-state index in [1.165, 1.54) is 128 Å². The topological polar surface area (TPSA) is 72.8 Å². The number of rotatable bonds is 59. The molecule has 1 N–H and O–H groups in total. The van der Waals surface area contributed by atoms with Gasteiger partial charge in [-0.05, 0) is 122 Å². The van der Waals surface area contributed by atoms with E-state index in [-0.39, 0.29) is 25.2 Å². The average molecular weight is 1100 g/mol. The second-order valence-corrected chi connectivity index (χ2v) is 21.4. The fraction of sp³-hybridized carbons (Fsp3) is 0.627. The fourth-order valence-electron chi connectivity index (χ4n) is 8.95. The number of hydrogen-bond donors (Lipinski definition) is 1. The number of ether oxygens (including phenoxy) is 2. The molecular formula is C75H122O5. The first-order valence-corrected chi connectivity index (χ1v) is 33.0. The Hall–Kier alpha value is -4.48. The van der Waals surface area contributed by atoms with Crippen LogP contribution < -0.4 is 0 Å². The maximum Gasteiger partial charge on any atom is 0.306 e. The van der Waals surface area contributed by atoms with Crippen molar-refractivity contribution >= 4 is 11.9 Å². The van der Waals surface area contributed by atoms with Gasteiger partial charge < -0.3 is 14.6 Å². The third-order valence-electron chi connectivity index (χ3n) is 13.8. The van der Waals surface area contributed by atoms with Crippen LogP contribution in [0.1, 0.15) is 284 Å². The van der Waals surface area contributed by atoms with Crippen LogP contribution in [0.15, 0.2) is 158 Å². The molecule has 1 atom stereocenters. The minimum absolute atomic E-state index is 0.0800. The van der Waals surface area contributed by atoms with Crippen LogP contribution in [-0.2, 0) is 19.1 Å². The van der Waals surface area contributed by atoms with Crippen molar-refractivity contribution in [3.63, 3.8) is 0 Å². The van der Waals surface area contributed by atoms with E-state index in [9.17, 15) is 14.7 Å². The van der Waals surface area contributed by atoms with Crippen LogP contribution in [0.5, 0.6) is 0 Å². The summed E-state index contributed by atoms with van der Waals surface area (Å²) < 4.78 is 10.7. The molecule has 80 heavy (non-hydrogen) atoms. The zero-order valence-corrected chi connectivity index (χ0v) is 51.8. The van der Waals surface area contributed by atoms with Crippen molar-refractivity contribution in [3.8, 4) is 0 Å². The van der Waals surface area contributed by atoms with Crippen LogP contribution in [0.25, 0.3) is 0 Å². The van der Waals surface area contributed by atoms with E-state index >= 15 is 0 Å². The number of hydrogen-bond acceptors (Lipinski definition) is 5. The molecule has 0 fully saturated rings. The summed E-state index contributed by atoms with van der Waals surface area (Å²) in [4.78, 5) is 24.6. The minimum Gasteiger partial charge on any atom is -0.462 e. The molecule has 0 aliphatic carbocycles. The van der Waals surface area contributed by atoms with Gasteiger partial charge in [0.25, 0.3) is 0 Å². The molecule has 0 saturated heterocycles. The molecular weight excluding hydrogens is 981 g/mol. The quantitative estimate of drug-likeness (QED) is 0.0373. The summed E-state index contributed by atoms with van der Waals surface area (Å²) in [6, 6.07) is 0. The largest absolute Gasteiger partial charge is 0.462 e. The van der Waals surface area contributed by atoms with Crippen molar-refractivity contribution in [3.05, 3.63) is 158 Å². The number of allylic oxidation sites excluding steroid dienone is 26. The zero-order chi connectivity index (χ0) is 57.6. The number of carbonyl (C=O) groups is 2. The Labute approximate surface area is 494 Å². The molecule has 0 rings (SSSR count). The third kappa shape index (κ3) is 66.0. The lowest BCUT2D eigenvalue weighted by Crippen LogP contribution is -2.28. The smallest absolute Gasteiger partial charge is 0.306 e. The van der Waals surface area contributed by atoms with Gasteiger partial charge in [0.05, 0.1) is 6.61 Å². The van der Waals surface area contributed by atoms with Gasteiger partial charge in [0, 0.05) is 12.8 Å². The van der Waals surface area contributed by atoms with Crippen molar-refractivity contribution < 1.29 is 24.2 Å². The van der Waals surface area contributed by atoms with Gasteiger partial charge in [0.1, 0.15) is 6.61 Å². The number of unbranched alkanes of at least 4 members (excludes halogenated alkanes) is 25. The molecule has 5 heteroatoms. The molecule has 0 aromatic carbocycles. The normalized spacial score (nSPS) is 13.3. The molecule has 0 amide bonds. The Morgan fingerprint density at radius 2 is 0.500 bits per heavy atom. The van der Waals surface area contributed by atoms with Crippen molar-refractivity contribution in [2.24, 2.45) is 0 Å². The highest BCUT2D eigenvalue weighted by Gasteiger charge is 2.16. The van der Waals surface area contributed by atoms with E-state index in [1.54, 1.807) is 0 Å². The molecule has 0 aromatic rings. The average Bonchev–Trinajstić information content (AvgIpc) is 3.46. The first kappa shape index (κ1) is 75.5. The van der Waals surface area contributed by atoms with Crippen molar-refractivity contribution in [1.82, 2.24) is 0 Å². The maximum atomic E-state index is 12.4. The molecule has 452 valence electrons. The molecule has 0 aromatic heterocycles. The standard InChI is InChI=1S/C75H122O5/c1-3-5-7-9-11-13-15-17-19-21-23-25-27-29-30-31-32-33-34-35-36-37-38-39-40-41-42-43-44-46-48-50-52-54-56-58-60-62-64-66-68-70-75(78)80-73(71-76)72-79-74(77)69-67-65-63-61-59-57-55-53-51-49-47-45-28-26-24-22-20-18-16-14-12-10-8-6-4-2/h5-8,11-14,17-20,23-26,29-30,32-33,35-36,45,47,51,53,73,76H,3-4,9-10,15-16,21-22,27-28,31,34,37-44,46,48-50,52,54-72H2,1-2H3/b7-5-,8-6-,13-11-,14-12-,19-17-,20-18-,25-23-,26-24-,30-29-,33-32-,36-35-,47-45-,53-51-. The van der Waals surface area contributed by atoms with Gasteiger partial charge in [-0.15, -0.1) is 0 Å². The number of esters is 2. The molecule has 0 aliphatic heterocycles. The van der Waals surface area contributed by atoms with E-state index in [4.69, 9.17) is 9.47 Å². The molecule has 0 saturated carbocycles. The second kappa shape index (κ2) is 68.8. The Bertz CT molecular complexity index is 1730. The van der Waals surface area contributed by atoms with Gasteiger partial charge >= 0.3 is 11.9 Å². The molecule has 1 unspecified atom stereocenters.